The summed E-state index contributed by atoms with van der Waals surface area (Å²) >= 11 is 0. The minimum absolute atomic E-state index is 0.306. The van der Waals surface area contributed by atoms with Crippen LogP contribution < -0.4 is 0 Å². The molecular formula is C17H30N4O. The van der Waals surface area contributed by atoms with Crippen LogP contribution in [0.25, 0.3) is 0 Å². The zero-order valence-corrected chi connectivity index (χ0v) is 14.3. The van der Waals surface area contributed by atoms with Crippen LogP contribution >= 0.6 is 0 Å². The van der Waals surface area contributed by atoms with Crippen molar-refractivity contribution < 1.29 is 4.52 Å². The standard InChI is InChI=1S/C17H30N4O/c1-13(2)17-18-16(19-22-17)12-20(3)11-14-7-6-10-21-9-5-4-8-15(14)21/h13-15H,4-12H2,1-3H3. The zero-order chi connectivity index (χ0) is 15.5. The summed E-state index contributed by atoms with van der Waals surface area (Å²) < 4.78 is 5.31. The first kappa shape index (κ1) is 15.9. The third kappa shape index (κ3) is 3.69. The van der Waals surface area contributed by atoms with Gasteiger partial charge in [-0.2, -0.15) is 4.98 Å². The van der Waals surface area contributed by atoms with Crippen molar-refractivity contribution in [3.63, 3.8) is 0 Å². The van der Waals surface area contributed by atoms with Gasteiger partial charge in [-0.3, -0.25) is 4.90 Å². The molecule has 3 heterocycles. The van der Waals surface area contributed by atoms with Crippen LogP contribution in [-0.4, -0.2) is 52.7 Å². The van der Waals surface area contributed by atoms with Crippen LogP contribution in [-0.2, 0) is 6.54 Å². The minimum atomic E-state index is 0.306. The maximum absolute atomic E-state index is 5.31. The number of piperidine rings is 2. The molecule has 0 N–H and O–H groups in total. The zero-order valence-electron chi connectivity index (χ0n) is 14.3. The Morgan fingerprint density at radius 3 is 2.82 bits per heavy atom. The van der Waals surface area contributed by atoms with E-state index in [-0.39, 0.29) is 0 Å². The van der Waals surface area contributed by atoms with Gasteiger partial charge in [-0.15, -0.1) is 0 Å². The highest BCUT2D eigenvalue weighted by molar-refractivity contribution is 4.92. The van der Waals surface area contributed by atoms with Crippen molar-refractivity contribution in [2.24, 2.45) is 5.92 Å². The molecule has 2 unspecified atom stereocenters. The molecule has 0 aliphatic carbocycles. The molecule has 2 aliphatic rings. The van der Waals surface area contributed by atoms with E-state index in [1.54, 1.807) is 0 Å². The van der Waals surface area contributed by atoms with E-state index in [2.05, 4.69) is 40.8 Å². The molecule has 0 spiro atoms. The van der Waals surface area contributed by atoms with Crippen molar-refractivity contribution in [3.05, 3.63) is 11.7 Å². The molecule has 22 heavy (non-hydrogen) atoms. The van der Waals surface area contributed by atoms with E-state index < -0.39 is 0 Å². The van der Waals surface area contributed by atoms with Gasteiger partial charge in [0.2, 0.25) is 5.89 Å². The van der Waals surface area contributed by atoms with Gasteiger partial charge >= 0.3 is 0 Å². The molecule has 2 atom stereocenters. The fourth-order valence-electron chi connectivity index (χ4n) is 4.06. The predicted molar refractivity (Wildman–Crippen MR) is 86.7 cm³/mol. The Hall–Kier alpha value is -0.940. The lowest BCUT2D eigenvalue weighted by atomic mass is 9.83. The average molecular weight is 306 g/mol. The monoisotopic (exact) mass is 306 g/mol. The summed E-state index contributed by atoms with van der Waals surface area (Å²) in [6.45, 7) is 8.73. The fraction of sp³-hybridized carbons (Fsp3) is 0.882. The van der Waals surface area contributed by atoms with Crippen LogP contribution in [0.4, 0.5) is 0 Å². The quantitative estimate of drug-likeness (QED) is 0.837. The van der Waals surface area contributed by atoms with Crippen LogP contribution in [0.3, 0.4) is 0 Å². The summed E-state index contributed by atoms with van der Waals surface area (Å²) in [6.07, 6.45) is 6.91. The Kier molecular flexibility index (Phi) is 5.14. The molecule has 2 fully saturated rings. The molecule has 1 aromatic rings. The number of nitrogens with zero attached hydrogens (tertiary/aromatic N) is 4. The highest BCUT2D eigenvalue weighted by Crippen LogP contribution is 2.31. The summed E-state index contributed by atoms with van der Waals surface area (Å²) in [7, 11) is 2.19. The van der Waals surface area contributed by atoms with Crippen LogP contribution in [0.5, 0.6) is 0 Å². The normalized spacial score (nSPS) is 26.6. The highest BCUT2D eigenvalue weighted by Gasteiger charge is 2.33. The Bertz CT molecular complexity index is 471. The van der Waals surface area contributed by atoms with E-state index in [0.29, 0.717) is 5.92 Å². The van der Waals surface area contributed by atoms with E-state index >= 15 is 0 Å². The third-order valence-corrected chi connectivity index (χ3v) is 5.16. The Balaban J connectivity index is 1.54. The smallest absolute Gasteiger partial charge is 0.229 e. The second-order valence-electron chi connectivity index (χ2n) is 7.40. The number of rotatable bonds is 5. The third-order valence-electron chi connectivity index (χ3n) is 5.16. The van der Waals surface area contributed by atoms with Gasteiger partial charge in [-0.1, -0.05) is 25.4 Å². The van der Waals surface area contributed by atoms with Gasteiger partial charge in [-0.25, -0.2) is 0 Å². The van der Waals surface area contributed by atoms with Crippen molar-refractivity contribution in [2.45, 2.75) is 64.5 Å². The maximum atomic E-state index is 5.31. The van der Waals surface area contributed by atoms with Crippen molar-refractivity contribution in [2.75, 3.05) is 26.7 Å². The van der Waals surface area contributed by atoms with Gasteiger partial charge in [0.15, 0.2) is 5.82 Å². The van der Waals surface area contributed by atoms with Gasteiger partial charge < -0.3 is 9.42 Å². The van der Waals surface area contributed by atoms with E-state index in [1.807, 2.05) is 0 Å². The molecule has 0 saturated carbocycles. The Morgan fingerprint density at radius 2 is 2.05 bits per heavy atom. The lowest BCUT2D eigenvalue weighted by Crippen LogP contribution is -2.50. The summed E-state index contributed by atoms with van der Waals surface area (Å²) in [5, 5.41) is 4.11. The molecule has 5 heteroatoms. The van der Waals surface area contributed by atoms with Gasteiger partial charge in [-0.05, 0) is 51.7 Å². The Morgan fingerprint density at radius 1 is 1.23 bits per heavy atom. The molecule has 5 nitrogen and oxygen atoms in total. The second kappa shape index (κ2) is 7.09. The van der Waals surface area contributed by atoms with E-state index in [4.69, 9.17) is 4.52 Å². The van der Waals surface area contributed by atoms with Gasteiger partial charge in [0.1, 0.15) is 0 Å². The topological polar surface area (TPSA) is 45.4 Å². The molecule has 3 rings (SSSR count). The summed E-state index contributed by atoms with van der Waals surface area (Å²) in [5.74, 6) is 2.68. The number of hydrogen-bond donors (Lipinski definition) is 0. The fourth-order valence-corrected chi connectivity index (χ4v) is 4.06. The molecule has 2 saturated heterocycles. The minimum Gasteiger partial charge on any atom is -0.339 e. The summed E-state index contributed by atoms with van der Waals surface area (Å²) in [4.78, 5) is 9.60. The maximum Gasteiger partial charge on any atom is 0.229 e. The Labute approximate surface area is 134 Å². The lowest BCUT2D eigenvalue weighted by molar-refractivity contribution is 0.0430. The average Bonchev–Trinajstić information content (AvgIpc) is 2.96. The molecule has 0 bridgehead atoms. The molecule has 2 aliphatic heterocycles. The number of hydrogen-bond acceptors (Lipinski definition) is 5. The SMILES string of the molecule is CC(C)c1nc(CN(C)CC2CCCN3CCCCC23)no1. The lowest BCUT2D eigenvalue weighted by Gasteiger charge is -2.45. The van der Waals surface area contributed by atoms with E-state index in [9.17, 15) is 0 Å². The van der Waals surface area contributed by atoms with E-state index in [1.165, 1.54) is 45.2 Å². The van der Waals surface area contributed by atoms with E-state index in [0.717, 1.165) is 36.8 Å². The molecular weight excluding hydrogens is 276 g/mol. The highest BCUT2D eigenvalue weighted by atomic mass is 16.5. The molecule has 1 aromatic heterocycles. The van der Waals surface area contributed by atoms with Crippen molar-refractivity contribution in [1.82, 2.24) is 19.9 Å². The van der Waals surface area contributed by atoms with Crippen molar-refractivity contribution >= 4 is 0 Å². The van der Waals surface area contributed by atoms with Gasteiger partial charge in [0.05, 0.1) is 6.54 Å². The largest absolute Gasteiger partial charge is 0.339 e. The van der Waals surface area contributed by atoms with Crippen molar-refractivity contribution in [1.29, 1.82) is 0 Å². The first-order valence-electron chi connectivity index (χ1n) is 8.88. The summed E-state index contributed by atoms with van der Waals surface area (Å²) in [5.41, 5.74) is 0. The predicted octanol–water partition coefficient (Wildman–Crippen LogP) is 2.89. The first-order valence-corrected chi connectivity index (χ1v) is 8.88. The van der Waals surface area contributed by atoms with Gasteiger partial charge in [0.25, 0.3) is 0 Å². The van der Waals surface area contributed by atoms with Crippen LogP contribution in [0.1, 0.15) is 63.6 Å². The molecule has 0 amide bonds. The first-order chi connectivity index (χ1) is 10.6. The van der Waals surface area contributed by atoms with Crippen molar-refractivity contribution in [3.8, 4) is 0 Å². The van der Waals surface area contributed by atoms with Gasteiger partial charge in [0, 0.05) is 18.5 Å². The molecule has 0 aromatic carbocycles. The van der Waals surface area contributed by atoms with Crippen LogP contribution in [0.15, 0.2) is 4.52 Å². The number of fused-ring (bicyclic) bond motifs is 1. The second-order valence-corrected chi connectivity index (χ2v) is 7.40. The number of aromatic nitrogens is 2. The molecule has 124 valence electrons. The van der Waals surface area contributed by atoms with Crippen LogP contribution in [0.2, 0.25) is 0 Å². The van der Waals surface area contributed by atoms with Crippen LogP contribution in [0, 0.1) is 5.92 Å². The summed E-state index contributed by atoms with van der Waals surface area (Å²) in [6, 6.07) is 0.807. The molecule has 0 radical (unpaired) electrons.